The molecule has 0 spiro atoms. The molecule has 1 aromatic heterocycles. The van der Waals surface area contributed by atoms with Crippen LogP contribution in [0.3, 0.4) is 0 Å². The number of Topliss-reactive ketones (excluding diaryl/α,β-unsaturated/α-hetero) is 1. The monoisotopic (exact) mass is 276 g/mol. The molecular formula is C13H16N4OS. The Morgan fingerprint density at radius 3 is 2.74 bits per heavy atom. The van der Waals surface area contributed by atoms with Crippen LogP contribution in [0, 0.1) is 6.92 Å². The average Bonchev–Trinajstić information content (AvgIpc) is 2.84. The number of benzene rings is 1. The number of thioether (sulfide) groups is 1. The third kappa shape index (κ3) is 3.89. The standard InChI is InChI=1S/C13H16N4OS/c1-10-5-7-12(8-6-10)17-13(14-15-16-17)19-9-3-4-11(2)18/h5-8H,3-4,9H2,1-2H3. The summed E-state index contributed by atoms with van der Waals surface area (Å²) < 4.78 is 1.72. The summed E-state index contributed by atoms with van der Waals surface area (Å²) in [6, 6.07) is 8.04. The Morgan fingerprint density at radius 2 is 2.05 bits per heavy atom. The lowest BCUT2D eigenvalue weighted by Crippen LogP contribution is -1.99. The first kappa shape index (κ1) is 13.7. The Morgan fingerprint density at radius 1 is 1.32 bits per heavy atom. The fourth-order valence-corrected chi connectivity index (χ4v) is 2.43. The van der Waals surface area contributed by atoms with Crippen molar-refractivity contribution in [3.05, 3.63) is 29.8 Å². The van der Waals surface area contributed by atoms with Crippen molar-refractivity contribution in [1.29, 1.82) is 0 Å². The fraction of sp³-hybridized carbons (Fsp3) is 0.385. The maximum absolute atomic E-state index is 10.9. The van der Waals surface area contributed by atoms with Crippen LogP contribution in [0.5, 0.6) is 0 Å². The van der Waals surface area contributed by atoms with Crippen molar-refractivity contribution in [3.63, 3.8) is 0 Å². The number of nitrogens with zero attached hydrogens (tertiary/aromatic N) is 4. The van der Waals surface area contributed by atoms with Gasteiger partial charge in [-0.3, -0.25) is 0 Å². The molecule has 0 aliphatic heterocycles. The van der Waals surface area contributed by atoms with Gasteiger partial charge in [0.2, 0.25) is 5.16 Å². The fourth-order valence-electron chi connectivity index (χ4n) is 1.60. The number of rotatable bonds is 6. The van der Waals surface area contributed by atoms with E-state index in [1.807, 2.05) is 31.2 Å². The summed E-state index contributed by atoms with van der Waals surface area (Å²) in [5.74, 6) is 1.06. The van der Waals surface area contributed by atoms with Gasteiger partial charge in [0.05, 0.1) is 5.69 Å². The summed E-state index contributed by atoms with van der Waals surface area (Å²) in [5.41, 5.74) is 2.15. The number of hydrogen-bond acceptors (Lipinski definition) is 5. The van der Waals surface area contributed by atoms with E-state index in [1.54, 1.807) is 23.4 Å². The van der Waals surface area contributed by atoms with E-state index in [0.29, 0.717) is 6.42 Å². The van der Waals surface area contributed by atoms with Crippen molar-refractivity contribution in [2.75, 3.05) is 5.75 Å². The van der Waals surface area contributed by atoms with Crippen LogP contribution in [0.2, 0.25) is 0 Å². The number of ketones is 1. The Bertz CT molecular complexity index is 550. The highest BCUT2D eigenvalue weighted by molar-refractivity contribution is 7.99. The van der Waals surface area contributed by atoms with Gasteiger partial charge < -0.3 is 4.79 Å². The molecule has 2 aromatic rings. The smallest absolute Gasteiger partial charge is 0.214 e. The lowest BCUT2D eigenvalue weighted by molar-refractivity contribution is -0.117. The van der Waals surface area contributed by atoms with Crippen LogP contribution in [0.25, 0.3) is 5.69 Å². The van der Waals surface area contributed by atoms with Gasteiger partial charge in [-0.15, -0.1) is 5.10 Å². The van der Waals surface area contributed by atoms with Gasteiger partial charge >= 0.3 is 0 Å². The molecule has 19 heavy (non-hydrogen) atoms. The van der Waals surface area contributed by atoms with E-state index in [2.05, 4.69) is 15.5 Å². The van der Waals surface area contributed by atoms with Gasteiger partial charge in [0.15, 0.2) is 0 Å². The summed E-state index contributed by atoms with van der Waals surface area (Å²) in [6.45, 7) is 3.65. The molecule has 1 aromatic carbocycles. The van der Waals surface area contributed by atoms with Gasteiger partial charge in [0.1, 0.15) is 5.78 Å². The lowest BCUT2D eigenvalue weighted by Gasteiger charge is -2.04. The Balaban J connectivity index is 2.01. The minimum Gasteiger partial charge on any atom is -0.300 e. The number of carbonyl (C=O) groups excluding carboxylic acids is 1. The third-order valence-electron chi connectivity index (χ3n) is 2.62. The van der Waals surface area contributed by atoms with Gasteiger partial charge in [-0.05, 0) is 42.8 Å². The molecule has 5 nitrogen and oxygen atoms in total. The number of tetrazole rings is 1. The van der Waals surface area contributed by atoms with E-state index in [0.717, 1.165) is 23.0 Å². The van der Waals surface area contributed by atoms with Crippen LogP contribution >= 0.6 is 11.8 Å². The number of aryl methyl sites for hydroxylation is 1. The second kappa shape index (κ2) is 6.47. The summed E-state index contributed by atoms with van der Waals surface area (Å²) >= 11 is 1.57. The molecule has 0 amide bonds. The molecule has 0 aliphatic carbocycles. The van der Waals surface area contributed by atoms with E-state index in [9.17, 15) is 4.79 Å². The van der Waals surface area contributed by atoms with E-state index in [-0.39, 0.29) is 5.78 Å². The molecule has 0 radical (unpaired) electrons. The number of carbonyl (C=O) groups is 1. The predicted molar refractivity (Wildman–Crippen MR) is 74.5 cm³/mol. The first-order valence-corrected chi connectivity index (χ1v) is 7.13. The number of hydrogen-bond donors (Lipinski definition) is 0. The minimum atomic E-state index is 0.221. The van der Waals surface area contributed by atoms with Gasteiger partial charge in [-0.2, -0.15) is 4.68 Å². The van der Waals surface area contributed by atoms with Crippen LogP contribution in [-0.2, 0) is 4.79 Å². The van der Waals surface area contributed by atoms with E-state index in [1.165, 1.54) is 5.56 Å². The molecule has 0 aliphatic rings. The quantitative estimate of drug-likeness (QED) is 0.599. The molecule has 0 saturated carbocycles. The molecule has 6 heteroatoms. The van der Waals surface area contributed by atoms with Gasteiger partial charge in [0, 0.05) is 12.2 Å². The zero-order valence-corrected chi connectivity index (χ0v) is 11.9. The molecule has 100 valence electrons. The van der Waals surface area contributed by atoms with Crippen LogP contribution in [0.15, 0.2) is 29.4 Å². The van der Waals surface area contributed by atoms with Crippen LogP contribution in [0.1, 0.15) is 25.3 Å². The highest BCUT2D eigenvalue weighted by atomic mass is 32.2. The Labute approximate surface area is 116 Å². The van der Waals surface area contributed by atoms with Crippen LogP contribution in [-0.4, -0.2) is 31.7 Å². The summed E-state index contributed by atoms with van der Waals surface area (Å²) in [4.78, 5) is 10.9. The molecule has 2 rings (SSSR count). The first-order valence-electron chi connectivity index (χ1n) is 6.14. The maximum atomic E-state index is 10.9. The van der Waals surface area contributed by atoms with Crippen molar-refractivity contribution in [2.45, 2.75) is 31.8 Å². The SMILES string of the molecule is CC(=O)CCCSc1nnnn1-c1ccc(C)cc1. The Hall–Kier alpha value is -1.69. The Kier molecular flexibility index (Phi) is 4.68. The van der Waals surface area contributed by atoms with Crippen molar-refractivity contribution in [3.8, 4) is 5.69 Å². The normalized spacial score (nSPS) is 10.6. The molecular weight excluding hydrogens is 260 g/mol. The predicted octanol–water partition coefficient (Wildman–Crippen LogP) is 2.43. The summed E-state index contributed by atoms with van der Waals surface area (Å²) in [6.07, 6.45) is 1.46. The van der Waals surface area contributed by atoms with Crippen LogP contribution < -0.4 is 0 Å². The van der Waals surface area contributed by atoms with Gasteiger partial charge in [0.25, 0.3) is 0 Å². The van der Waals surface area contributed by atoms with Crippen molar-refractivity contribution in [1.82, 2.24) is 20.2 Å². The molecule has 0 N–H and O–H groups in total. The highest BCUT2D eigenvalue weighted by Gasteiger charge is 2.08. The largest absolute Gasteiger partial charge is 0.300 e. The zero-order chi connectivity index (χ0) is 13.7. The zero-order valence-electron chi connectivity index (χ0n) is 11.0. The first-order chi connectivity index (χ1) is 9.16. The molecule has 1 heterocycles. The second-order valence-electron chi connectivity index (χ2n) is 4.36. The number of aromatic nitrogens is 4. The molecule has 0 fully saturated rings. The average molecular weight is 276 g/mol. The van der Waals surface area contributed by atoms with E-state index >= 15 is 0 Å². The highest BCUT2D eigenvalue weighted by Crippen LogP contribution is 2.19. The second-order valence-corrected chi connectivity index (χ2v) is 5.42. The van der Waals surface area contributed by atoms with E-state index in [4.69, 9.17) is 0 Å². The van der Waals surface area contributed by atoms with Crippen molar-refractivity contribution < 1.29 is 4.79 Å². The lowest BCUT2D eigenvalue weighted by atomic mass is 10.2. The summed E-state index contributed by atoms with van der Waals surface area (Å²) in [7, 11) is 0. The van der Waals surface area contributed by atoms with Crippen LogP contribution in [0.4, 0.5) is 0 Å². The van der Waals surface area contributed by atoms with Gasteiger partial charge in [-0.1, -0.05) is 29.5 Å². The van der Waals surface area contributed by atoms with Gasteiger partial charge in [-0.25, -0.2) is 0 Å². The third-order valence-corrected chi connectivity index (χ3v) is 3.63. The molecule has 0 saturated heterocycles. The van der Waals surface area contributed by atoms with Crippen molar-refractivity contribution >= 4 is 17.5 Å². The summed E-state index contributed by atoms with van der Waals surface area (Å²) in [5, 5.41) is 12.5. The molecule has 0 bridgehead atoms. The van der Waals surface area contributed by atoms with Crippen molar-refractivity contribution in [2.24, 2.45) is 0 Å². The molecule has 0 atom stereocenters. The topological polar surface area (TPSA) is 60.7 Å². The minimum absolute atomic E-state index is 0.221. The maximum Gasteiger partial charge on any atom is 0.214 e. The molecule has 0 unspecified atom stereocenters. The van der Waals surface area contributed by atoms with E-state index < -0.39 is 0 Å².